The number of hydrogen-bond acceptors (Lipinski definition) is 4. The lowest BCUT2D eigenvalue weighted by Crippen LogP contribution is -2.33. The van der Waals surface area contributed by atoms with Crippen molar-refractivity contribution >= 4 is 5.91 Å². The van der Waals surface area contributed by atoms with Crippen molar-refractivity contribution in [1.29, 1.82) is 0 Å². The van der Waals surface area contributed by atoms with E-state index in [0.717, 1.165) is 0 Å². The smallest absolute Gasteiger partial charge is 0.251 e. The minimum absolute atomic E-state index is 0.166. The lowest BCUT2D eigenvalue weighted by molar-refractivity contribution is 0.0903. The number of aliphatic hydroxyl groups excluding tert-OH is 1. The van der Waals surface area contributed by atoms with Crippen molar-refractivity contribution in [3.63, 3.8) is 0 Å². The predicted molar refractivity (Wildman–Crippen MR) is 69.5 cm³/mol. The van der Waals surface area contributed by atoms with Gasteiger partial charge in [0.05, 0.1) is 6.26 Å². The highest BCUT2D eigenvalue weighted by molar-refractivity contribution is 5.94. The van der Waals surface area contributed by atoms with E-state index in [-0.39, 0.29) is 11.9 Å². The van der Waals surface area contributed by atoms with Gasteiger partial charge < -0.3 is 14.8 Å². The fourth-order valence-electron chi connectivity index (χ4n) is 1.80. The van der Waals surface area contributed by atoms with Gasteiger partial charge in [0.15, 0.2) is 0 Å². The Bertz CT molecular complexity index is 511. The summed E-state index contributed by atoms with van der Waals surface area (Å²) in [5, 5.41) is 12.7. The van der Waals surface area contributed by atoms with Gasteiger partial charge in [-0.25, -0.2) is 0 Å². The fourth-order valence-corrected chi connectivity index (χ4v) is 1.80. The van der Waals surface area contributed by atoms with Crippen molar-refractivity contribution in [2.24, 2.45) is 0 Å². The van der Waals surface area contributed by atoms with Gasteiger partial charge in [-0.1, -0.05) is 0 Å². The summed E-state index contributed by atoms with van der Waals surface area (Å²) in [7, 11) is 0. The van der Waals surface area contributed by atoms with Gasteiger partial charge in [0, 0.05) is 30.4 Å². The van der Waals surface area contributed by atoms with Crippen LogP contribution in [0.25, 0.3) is 0 Å². The molecule has 2 unspecified atom stereocenters. The zero-order valence-corrected chi connectivity index (χ0v) is 10.6. The Kier molecular flexibility index (Phi) is 4.30. The van der Waals surface area contributed by atoms with E-state index in [4.69, 9.17) is 4.42 Å². The summed E-state index contributed by atoms with van der Waals surface area (Å²) in [5.74, 6) is 0.326. The number of furan rings is 1. The average Bonchev–Trinajstić information content (AvgIpc) is 2.93. The van der Waals surface area contributed by atoms with Gasteiger partial charge in [0.2, 0.25) is 0 Å². The van der Waals surface area contributed by atoms with Gasteiger partial charge in [0.1, 0.15) is 11.9 Å². The quantitative estimate of drug-likeness (QED) is 0.861. The third-order valence-corrected chi connectivity index (χ3v) is 2.77. The predicted octanol–water partition coefficient (Wildman–Crippen LogP) is 1.92. The van der Waals surface area contributed by atoms with Gasteiger partial charge in [-0.05, 0) is 31.2 Å². The zero-order valence-electron chi connectivity index (χ0n) is 10.6. The van der Waals surface area contributed by atoms with Crippen LogP contribution >= 0.6 is 0 Å². The average molecular weight is 260 g/mol. The van der Waals surface area contributed by atoms with E-state index < -0.39 is 6.10 Å². The highest BCUT2D eigenvalue weighted by atomic mass is 16.4. The highest BCUT2D eigenvalue weighted by Gasteiger charge is 2.16. The normalized spacial score (nSPS) is 13.8. The minimum Gasteiger partial charge on any atom is -0.467 e. The third kappa shape index (κ3) is 3.66. The molecule has 0 bridgehead atoms. The van der Waals surface area contributed by atoms with E-state index in [1.54, 1.807) is 36.7 Å². The second-order valence-corrected chi connectivity index (χ2v) is 4.38. The second kappa shape index (κ2) is 6.15. The second-order valence-electron chi connectivity index (χ2n) is 4.38. The molecule has 5 nitrogen and oxygen atoms in total. The molecule has 0 aromatic carbocycles. The molecule has 2 aromatic heterocycles. The number of hydrogen-bond donors (Lipinski definition) is 2. The van der Waals surface area contributed by atoms with Crippen LogP contribution in [0.4, 0.5) is 0 Å². The van der Waals surface area contributed by atoms with Gasteiger partial charge >= 0.3 is 0 Å². The first-order chi connectivity index (χ1) is 9.16. The summed E-state index contributed by atoms with van der Waals surface area (Å²) in [4.78, 5) is 15.7. The fraction of sp³-hybridized carbons (Fsp3) is 0.286. The first-order valence-electron chi connectivity index (χ1n) is 6.09. The number of pyridine rings is 1. The number of aromatic nitrogens is 1. The van der Waals surface area contributed by atoms with Crippen LogP contribution in [0.15, 0.2) is 47.3 Å². The number of aliphatic hydroxyl groups is 1. The van der Waals surface area contributed by atoms with Crippen LogP contribution in [0.2, 0.25) is 0 Å². The maximum Gasteiger partial charge on any atom is 0.251 e. The third-order valence-electron chi connectivity index (χ3n) is 2.77. The van der Waals surface area contributed by atoms with Gasteiger partial charge in [-0.3, -0.25) is 9.78 Å². The van der Waals surface area contributed by atoms with Crippen LogP contribution in [0, 0.1) is 0 Å². The molecule has 0 spiro atoms. The SMILES string of the molecule is CC(CC(O)c1ccco1)NC(=O)c1ccncc1. The van der Waals surface area contributed by atoms with E-state index in [0.29, 0.717) is 17.7 Å². The summed E-state index contributed by atoms with van der Waals surface area (Å²) in [5.41, 5.74) is 0.550. The topological polar surface area (TPSA) is 75.4 Å². The Morgan fingerprint density at radius 3 is 2.79 bits per heavy atom. The number of carbonyl (C=O) groups is 1. The van der Waals surface area contributed by atoms with Crippen molar-refractivity contribution in [3.05, 3.63) is 54.2 Å². The van der Waals surface area contributed by atoms with E-state index in [1.807, 2.05) is 6.92 Å². The highest BCUT2D eigenvalue weighted by Crippen LogP contribution is 2.18. The molecule has 2 N–H and O–H groups in total. The van der Waals surface area contributed by atoms with E-state index in [2.05, 4.69) is 10.3 Å². The Morgan fingerprint density at radius 2 is 2.16 bits per heavy atom. The summed E-state index contributed by atoms with van der Waals surface area (Å²) in [6.45, 7) is 1.84. The first kappa shape index (κ1) is 13.3. The molecule has 2 heterocycles. The van der Waals surface area contributed by atoms with Crippen LogP contribution in [0.1, 0.15) is 35.6 Å². The molecular weight excluding hydrogens is 244 g/mol. The number of nitrogens with one attached hydrogen (secondary N) is 1. The van der Waals surface area contributed by atoms with Crippen LogP contribution in [-0.2, 0) is 0 Å². The van der Waals surface area contributed by atoms with E-state index in [1.165, 1.54) is 6.26 Å². The van der Waals surface area contributed by atoms with Crippen molar-refractivity contribution in [2.45, 2.75) is 25.5 Å². The molecule has 0 aliphatic carbocycles. The Morgan fingerprint density at radius 1 is 1.42 bits per heavy atom. The summed E-state index contributed by atoms with van der Waals surface area (Å²) >= 11 is 0. The van der Waals surface area contributed by atoms with Crippen molar-refractivity contribution in [2.75, 3.05) is 0 Å². The standard InChI is InChI=1S/C14H16N2O3/c1-10(9-12(17)13-3-2-8-19-13)16-14(18)11-4-6-15-7-5-11/h2-8,10,12,17H,9H2,1H3,(H,16,18). The summed E-state index contributed by atoms with van der Waals surface area (Å²) in [6.07, 6.45) is 4.32. The minimum atomic E-state index is -0.720. The van der Waals surface area contributed by atoms with Crippen LogP contribution in [0.3, 0.4) is 0 Å². The van der Waals surface area contributed by atoms with Crippen molar-refractivity contribution < 1.29 is 14.3 Å². The molecule has 2 atom stereocenters. The van der Waals surface area contributed by atoms with Crippen LogP contribution < -0.4 is 5.32 Å². The van der Waals surface area contributed by atoms with Crippen molar-refractivity contribution in [3.8, 4) is 0 Å². The van der Waals surface area contributed by atoms with Crippen molar-refractivity contribution in [1.82, 2.24) is 10.3 Å². The Balaban J connectivity index is 1.88. The lowest BCUT2D eigenvalue weighted by atomic mass is 10.1. The monoisotopic (exact) mass is 260 g/mol. The molecule has 0 aliphatic heterocycles. The molecule has 100 valence electrons. The van der Waals surface area contributed by atoms with Gasteiger partial charge in [-0.15, -0.1) is 0 Å². The Labute approximate surface area is 111 Å². The van der Waals surface area contributed by atoms with E-state index in [9.17, 15) is 9.90 Å². The molecule has 5 heteroatoms. The lowest BCUT2D eigenvalue weighted by Gasteiger charge is -2.16. The molecule has 0 saturated heterocycles. The van der Waals surface area contributed by atoms with Gasteiger partial charge in [0.25, 0.3) is 5.91 Å². The molecule has 2 rings (SSSR count). The Hall–Kier alpha value is -2.14. The molecule has 1 amide bonds. The molecule has 0 radical (unpaired) electrons. The molecule has 0 aliphatic rings. The summed E-state index contributed by atoms with van der Waals surface area (Å²) in [6, 6.07) is 6.55. The largest absolute Gasteiger partial charge is 0.467 e. The molecule has 19 heavy (non-hydrogen) atoms. The first-order valence-corrected chi connectivity index (χ1v) is 6.09. The molecule has 0 saturated carbocycles. The van der Waals surface area contributed by atoms with Gasteiger partial charge in [-0.2, -0.15) is 0 Å². The van der Waals surface area contributed by atoms with Crippen LogP contribution in [0.5, 0.6) is 0 Å². The van der Waals surface area contributed by atoms with Crippen LogP contribution in [-0.4, -0.2) is 22.0 Å². The number of carbonyl (C=O) groups excluding carboxylic acids is 1. The molecule has 2 aromatic rings. The zero-order chi connectivity index (χ0) is 13.7. The summed E-state index contributed by atoms with van der Waals surface area (Å²) < 4.78 is 5.11. The van der Waals surface area contributed by atoms with E-state index >= 15 is 0 Å². The maximum absolute atomic E-state index is 11.9. The number of rotatable bonds is 5. The molecular formula is C14H16N2O3. The maximum atomic E-state index is 11.9. The molecule has 0 fully saturated rings. The number of nitrogens with zero attached hydrogens (tertiary/aromatic N) is 1. The number of amides is 1.